The molecule has 112 valence electrons. The molecule has 8 heteroatoms. The smallest absolute Gasteiger partial charge is 0.266 e. The lowest BCUT2D eigenvalue weighted by atomic mass is 10.1. The Morgan fingerprint density at radius 1 is 1.29 bits per heavy atom. The number of aromatic amines is 1. The number of sulfonamides is 1. The van der Waals surface area contributed by atoms with Crippen LogP contribution in [0.2, 0.25) is 5.02 Å². The molecule has 0 radical (unpaired) electrons. The number of aromatic nitrogens is 1. The molecule has 2 aromatic rings. The summed E-state index contributed by atoms with van der Waals surface area (Å²) >= 11 is 5.59. The second kappa shape index (κ2) is 6.38. The monoisotopic (exact) mass is 330 g/mol. The van der Waals surface area contributed by atoms with Gasteiger partial charge in [0, 0.05) is 12.7 Å². The molecular formula is C13H12ClFN2O3S. The summed E-state index contributed by atoms with van der Waals surface area (Å²) in [6, 6.07) is 7.19. The minimum absolute atomic E-state index is 0.0278. The van der Waals surface area contributed by atoms with E-state index in [1.165, 1.54) is 6.07 Å². The van der Waals surface area contributed by atoms with E-state index in [-0.39, 0.29) is 28.7 Å². The predicted octanol–water partition coefficient (Wildman–Crippen LogP) is 1.69. The number of nitrogens with one attached hydrogen (secondary N) is 2. The molecule has 0 bridgehead atoms. The molecule has 0 unspecified atom stereocenters. The molecule has 1 heterocycles. The molecule has 0 saturated heterocycles. The van der Waals surface area contributed by atoms with E-state index >= 15 is 0 Å². The van der Waals surface area contributed by atoms with Crippen LogP contribution in [0, 0.1) is 5.82 Å². The number of pyridine rings is 1. The van der Waals surface area contributed by atoms with Gasteiger partial charge < -0.3 is 4.98 Å². The Hall–Kier alpha value is -1.70. The van der Waals surface area contributed by atoms with Gasteiger partial charge in [0.05, 0.1) is 4.90 Å². The third-order valence-electron chi connectivity index (χ3n) is 2.79. The molecule has 2 rings (SSSR count). The van der Waals surface area contributed by atoms with E-state index in [9.17, 15) is 17.6 Å². The summed E-state index contributed by atoms with van der Waals surface area (Å²) in [6.07, 6.45) is 1.27. The van der Waals surface area contributed by atoms with Crippen LogP contribution in [0.4, 0.5) is 4.39 Å². The van der Waals surface area contributed by atoms with Gasteiger partial charge in [-0.1, -0.05) is 29.8 Å². The Morgan fingerprint density at radius 2 is 2.00 bits per heavy atom. The Balaban J connectivity index is 2.06. The fourth-order valence-corrected chi connectivity index (χ4v) is 2.96. The zero-order chi connectivity index (χ0) is 15.5. The van der Waals surface area contributed by atoms with E-state index in [2.05, 4.69) is 9.71 Å². The Morgan fingerprint density at radius 3 is 2.67 bits per heavy atom. The zero-order valence-electron chi connectivity index (χ0n) is 10.8. The molecule has 0 aliphatic rings. The maximum Gasteiger partial charge on any atom is 0.266 e. The lowest BCUT2D eigenvalue weighted by molar-refractivity contribution is 0.577. The average Bonchev–Trinajstić information content (AvgIpc) is 2.44. The van der Waals surface area contributed by atoms with Crippen LogP contribution in [0.25, 0.3) is 0 Å². The molecule has 0 atom stereocenters. The first-order valence-electron chi connectivity index (χ1n) is 6.01. The molecule has 1 aromatic heterocycles. The van der Waals surface area contributed by atoms with Crippen molar-refractivity contribution in [2.24, 2.45) is 0 Å². The number of hydrogen-bond acceptors (Lipinski definition) is 3. The predicted molar refractivity (Wildman–Crippen MR) is 77.4 cm³/mol. The molecule has 0 spiro atoms. The minimum Gasteiger partial charge on any atom is -0.326 e. The van der Waals surface area contributed by atoms with Gasteiger partial charge in [0.2, 0.25) is 10.0 Å². The average molecular weight is 331 g/mol. The van der Waals surface area contributed by atoms with Crippen LogP contribution in [-0.2, 0) is 16.4 Å². The van der Waals surface area contributed by atoms with Gasteiger partial charge in [-0.3, -0.25) is 4.79 Å². The van der Waals surface area contributed by atoms with Crippen LogP contribution in [-0.4, -0.2) is 19.9 Å². The van der Waals surface area contributed by atoms with E-state index < -0.39 is 15.6 Å². The zero-order valence-corrected chi connectivity index (χ0v) is 12.3. The summed E-state index contributed by atoms with van der Waals surface area (Å²) in [4.78, 5) is 13.2. The number of rotatable bonds is 5. The van der Waals surface area contributed by atoms with Gasteiger partial charge in [-0.15, -0.1) is 0 Å². The van der Waals surface area contributed by atoms with Crippen molar-refractivity contribution >= 4 is 21.6 Å². The van der Waals surface area contributed by atoms with Crippen LogP contribution in [0.15, 0.2) is 46.2 Å². The molecule has 0 aliphatic heterocycles. The summed E-state index contributed by atoms with van der Waals surface area (Å²) in [5.74, 6) is -0.385. The second-order valence-corrected chi connectivity index (χ2v) is 6.43. The Labute approximate surface area is 125 Å². The van der Waals surface area contributed by atoms with E-state index in [4.69, 9.17) is 11.6 Å². The molecular weight excluding hydrogens is 319 g/mol. The molecule has 2 N–H and O–H groups in total. The lowest BCUT2D eigenvalue weighted by Gasteiger charge is -2.07. The molecule has 0 saturated carbocycles. The number of H-pyrrole nitrogens is 1. The molecule has 5 nitrogen and oxygen atoms in total. The van der Waals surface area contributed by atoms with E-state index in [1.807, 2.05) is 0 Å². The minimum atomic E-state index is -3.81. The highest BCUT2D eigenvalue weighted by Crippen LogP contribution is 2.11. The number of halogens is 2. The highest BCUT2D eigenvalue weighted by atomic mass is 35.5. The van der Waals surface area contributed by atoms with E-state index in [0.29, 0.717) is 5.56 Å². The fraction of sp³-hybridized carbons (Fsp3) is 0.154. The summed E-state index contributed by atoms with van der Waals surface area (Å²) in [5.41, 5.74) is -0.151. The van der Waals surface area contributed by atoms with Crippen molar-refractivity contribution in [2.75, 3.05) is 6.54 Å². The van der Waals surface area contributed by atoms with Crippen molar-refractivity contribution in [3.8, 4) is 0 Å². The van der Waals surface area contributed by atoms with Crippen molar-refractivity contribution in [1.82, 2.24) is 9.71 Å². The maximum absolute atomic E-state index is 13.4. The van der Waals surface area contributed by atoms with Gasteiger partial charge in [-0.25, -0.2) is 17.5 Å². The van der Waals surface area contributed by atoms with Crippen LogP contribution in [0.3, 0.4) is 0 Å². The largest absolute Gasteiger partial charge is 0.326 e. The third-order valence-corrected chi connectivity index (χ3v) is 4.51. The second-order valence-electron chi connectivity index (χ2n) is 4.25. The van der Waals surface area contributed by atoms with Gasteiger partial charge in [-0.05, 0) is 24.1 Å². The van der Waals surface area contributed by atoms with Crippen molar-refractivity contribution in [2.45, 2.75) is 11.3 Å². The number of hydrogen-bond donors (Lipinski definition) is 2. The summed E-state index contributed by atoms with van der Waals surface area (Å²) in [7, 11) is -3.81. The maximum atomic E-state index is 13.4. The quantitative estimate of drug-likeness (QED) is 0.875. The summed E-state index contributed by atoms with van der Waals surface area (Å²) < 4.78 is 39.7. The van der Waals surface area contributed by atoms with Crippen molar-refractivity contribution in [1.29, 1.82) is 0 Å². The fourth-order valence-electron chi connectivity index (χ4n) is 1.70. The highest BCUT2D eigenvalue weighted by molar-refractivity contribution is 7.89. The van der Waals surface area contributed by atoms with Crippen LogP contribution in [0.5, 0.6) is 0 Å². The molecule has 1 aromatic carbocycles. The highest BCUT2D eigenvalue weighted by Gasteiger charge is 2.15. The standard InChI is InChI=1S/C13H12ClFN2O3S/c14-11-7-10(8-16-13(11)18)21(19,20)17-6-5-9-3-1-2-4-12(9)15/h1-4,7-8,17H,5-6H2,(H,16,18). The summed E-state index contributed by atoms with van der Waals surface area (Å²) in [5, 5.41) is -0.216. The Bertz CT molecular complexity index is 805. The van der Waals surface area contributed by atoms with E-state index in [0.717, 1.165) is 12.3 Å². The van der Waals surface area contributed by atoms with Crippen LogP contribution in [0.1, 0.15) is 5.56 Å². The Kier molecular flexibility index (Phi) is 4.76. The van der Waals surface area contributed by atoms with Gasteiger partial charge in [-0.2, -0.15) is 0 Å². The first-order valence-corrected chi connectivity index (χ1v) is 7.87. The summed E-state index contributed by atoms with van der Waals surface area (Å²) in [6.45, 7) is 0.0278. The van der Waals surface area contributed by atoms with E-state index in [1.54, 1.807) is 18.2 Å². The van der Waals surface area contributed by atoms with Gasteiger partial charge >= 0.3 is 0 Å². The third kappa shape index (κ3) is 3.90. The van der Waals surface area contributed by atoms with Crippen LogP contribution >= 0.6 is 11.6 Å². The van der Waals surface area contributed by atoms with Crippen molar-refractivity contribution in [3.63, 3.8) is 0 Å². The first-order chi connectivity index (χ1) is 9.90. The number of benzene rings is 1. The SMILES string of the molecule is O=c1[nH]cc(S(=O)(=O)NCCc2ccccc2F)cc1Cl. The molecule has 0 aliphatic carbocycles. The van der Waals surface area contributed by atoms with Crippen LogP contribution < -0.4 is 10.3 Å². The molecule has 0 fully saturated rings. The lowest BCUT2D eigenvalue weighted by Crippen LogP contribution is -2.27. The van der Waals surface area contributed by atoms with Gasteiger partial charge in [0.25, 0.3) is 5.56 Å². The molecule has 0 amide bonds. The van der Waals surface area contributed by atoms with Gasteiger partial charge in [0.15, 0.2) is 0 Å². The van der Waals surface area contributed by atoms with Crippen molar-refractivity contribution in [3.05, 3.63) is 63.3 Å². The topological polar surface area (TPSA) is 79.0 Å². The van der Waals surface area contributed by atoms with Crippen molar-refractivity contribution < 1.29 is 12.8 Å². The van der Waals surface area contributed by atoms with Gasteiger partial charge in [0.1, 0.15) is 10.8 Å². The first kappa shape index (κ1) is 15.7. The molecule has 21 heavy (non-hydrogen) atoms. The normalized spacial score (nSPS) is 11.5.